The number of aromatic nitrogens is 1. The van der Waals surface area contributed by atoms with Crippen LogP contribution >= 0.6 is 0 Å². The minimum Gasteiger partial charge on any atom is -0.342 e. The highest BCUT2D eigenvalue weighted by molar-refractivity contribution is 6.11. The van der Waals surface area contributed by atoms with Crippen molar-refractivity contribution in [3.63, 3.8) is 0 Å². The molecule has 146 valence electrons. The van der Waals surface area contributed by atoms with Gasteiger partial charge in [-0.2, -0.15) is 5.26 Å². The van der Waals surface area contributed by atoms with E-state index in [1.165, 1.54) is 5.56 Å². The third-order valence-corrected chi connectivity index (χ3v) is 5.07. The van der Waals surface area contributed by atoms with E-state index in [1.807, 2.05) is 73.8 Å². The van der Waals surface area contributed by atoms with E-state index in [-0.39, 0.29) is 5.57 Å². The fourth-order valence-electron chi connectivity index (χ4n) is 3.51. The second kappa shape index (κ2) is 8.50. The van der Waals surface area contributed by atoms with Gasteiger partial charge in [0.05, 0.1) is 0 Å². The van der Waals surface area contributed by atoms with Crippen LogP contribution in [0.3, 0.4) is 0 Å². The Balaban J connectivity index is 1.69. The number of nitrogens with zero attached hydrogens (tertiary/aromatic N) is 2. The van der Waals surface area contributed by atoms with Crippen LogP contribution in [-0.4, -0.2) is 10.5 Å². The summed E-state index contributed by atoms with van der Waals surface area (Å²) in [5.41, 5.74) is 4.81. The molecule has 1 heterocycles. The number of para-hydroxylation sites is 2. The Morgan fingerprint density at radius 3 is 2.47 bits per heavy atom. The van der Waals surface area contributed by atoms with Gasteiger partial charge in [0.1, 0.15) is 11.6 Å². The molecule has 0 radical (unpaired) electrons. The number of amides is 1. The maximum absolute atomic E-state index is 12.7. The Hall–Kier alpha value is -4.10. The molecule has 4 rings (SSSR count). The lowest BCUT2D eigenvalue weighted by atomic mass is 10.1. The standard InChI is InChI=1S/C26H21N3O/c1-19-9-5-7-13-24(19)28-26(30)21(16-27)15-22-18-29(17-20-10-3-2-4-11-20)25-14-8-6-12-23(22)25/h2-15,18H,17H2,1H3,(H,28,30)/b21-15+. The maximum Gasteiger partial charge on any atom is 0.266 e. The number of hydrogen-bond acceptors (Lipinski definition) is 2. The number of fused-ring (bicyclic) bond motifs is 1. The summed E-state index contributed by atoms with van der Waals surface area (Å²) in [7, 11) is 0. The highest BCUT2D eigenvalue weighted by Gasteiger charge is 2.13. The summed E-state index contributed by atoms with van der Waals surface area (Å²) >= 11 is 0. The highest BCUT2D eigenvalue weighted by atomic mass is 16.1. The first kappa shape index (κ1) is 19.2. The number of hydrogen-bond donors (Lipinski definition) is 1. The molecule has 0 saturated carbocycles. The van der Waals surface area contributed by atoms with E-state index in [2.05, 4.69) is 34.2 Å². The molecule has 0 saturated heterocycles. The van der Waals surface area contributed by atoms with Gasteiger partial charge in [-0.05, 0) is 36.3 Å². The Morgan fingerprint density at radius 2 is 1.70 bits per heavy atom. The van der Waals surface area contributed by atoms with E-state index in [0.717, 1.165) is 22.0 Å². The third-order valence-electron chi connectivity index (χ3n) is 5.07. The summed E-state index contributed by atoms with van der Waals surface area (Å²) in [4.78, 5) is 12.7. The molecule has 3 aromatic carbocycles. The van der Waals surface area contributed by atoms with Gasteiger partial charge in [0.25, 0.3) is 5.91 Å². The van der Waals surface area contributed by atoms with Crippen LogP contribution in [0, 0.1) is 18.3 Å². The number of carbonyl (C=O) groups is 1. The van der Waals surface area contributed by atoms with Crippen molar-refractivity contribution in [1.29, 1.82) is 5.26 Å². The Labute approximate surface area is 175 Å². The molecule has 0 bridgehead atoms. The predicted molar refractivity (Wildman–Crippen MR) is 121 cm³/mol. The quantitative estimate of drug-likeness (QED) is 0.358. The molecule has 1 amide bonds. The lowest BCUT2D eigenvalue weighted by Gasteiger charge is -2.07. The van der Waals surface area contributed by atoms with Gasteiger partial charge in [-0.15, -0.1) is 0 Å². The second-order valence-electron chi connectivity index (χ2n) is 7.15. The molecule has 0 aliphatic heterocycles. The highest BCUT2D eigenvalue weighted by Crippen LogP contribution is 2.25. The first-order chi connectivity index (χ1) is 14.7. The number of nitrogens with one attached hydrogen (secondary N) is 1. The second-order valence-corrected chi connectivity index (χ2v) is 7.15. The Kier molecular flexibility index (Phi) is 5.45. The van der Waals surface area contributed by atoms with Crippen LogP contribution in [0.5, 0.6) is 0 Å². The first-order valence-electron chi connectivity index (χ1n) is 9.76. The smallest absolute Gasteiger partial charge is 0.266 e. The van der Waals surface area contributed by atoms with Crippen LogP contribution in [0.15, 0.2) is 90.6 Å². The summed E-state index contributed by atoms with van der Waals surface area (Å²) in [5.74, 6) is -0.410. The fourth-order valence-corrected chi connectivity index (χ4v) is 3.51. The van der Waals surface area contributed by atoms with Crippen LogP contribution in [0.25, 0.3) is 17.0 Å². The fraction of sp³-hybridized carbons (Fsp3) is 0.0769. The van der Waals surface area contributed by atoms with Crippen molar-refractivity contribution in [2.75, 3.05) is 5.32 Å². The Bertz CT molecular complexity index is 1280. The van der Waals surface area contributed by atoms with E-state index in [9.17, 15) is 10.1 Å². The topological polar surface area (TPSA) is 57.8 Å². The predicted octanol–water partition coefficient (Wildman–Crippen LogP) is 5.54. The van der Waals surface area contributed by atoms with Gasteiger partial charge in [0.15, 0.2) is 0 Å². The van der Waals surface area contributed by atoms with E-state index in [1.54, 1.807) is 6.08 Å². The third kappa shape index (κ3) is 4.01. The van der Waals surface area contributed by atoms with Gasteiger partial charge < -0.3 is 9.88 Å². The van der Waals surface area contributed by atoms with Crippen molar-refractivity contribution >= 4 is 28.6 Å². The van der Waals surface area contributed by atoms with Crippen molar-refractivity contribution in [3.8, 4) is 6.07 Å². The number of nitriles is 1. The van der Waals surface area contributed by atoms with Crippen LogP contribution in [0.1, 0.15) is 16.7 Å². The number of anilines is 1. The van der Waals surface area contributed by atoms with Crippen molar-refractivity contribution < 1.29 is 4.79 Å². The Morgan fingerprint density at radius 1 is 1.00 bits per heavy atom. The number of aryl methyl sites for hydroxylation is 1. The van der Waals surface area contributed by atoms with Crippen LogP contribution in [-0.2, 0) is 11.3 Å². The zero-order valence-electron chi connectivity index (χ0n) is 16.7. The molecule has 0 aliphatic rings. The molecular formula is C26H21N3O. The normalized spacial score (nSPS) is 11.3. The number of carbonyl (C=O) groups excluding carboxylic acids is 1. The van der Waals surface area contributed by atoms with Crippen molar-refractivity contribution in [2.45, 2.75) is 13.5 Å². The lowest BCUT2D eigenvalue weighted by molar-refractivity contribution is -0.112. The summed E-state index contributed by atoms with van der Waals surface area (Å²) in [6.45, 7) is 2.63. The molecule has 0 atom stereocenters. The SMILES string of the molecule is Cc1ccccc1NC(=O)/C(C#N)=C/c1cn(Cc2ccccc2)c2ccccc12. The van der Waals surface area contributed by atoms with Crippen LogP contribution < -0.4 is 5.32 Å². The van der Waals surface area contributed by atoms with E-state index in [4.69, 9.17) is 0 Å². The van der Waals surface area contributed by atoms with E-state index < -0.39 is 5.91 Å². The molecule has 4 heteroatoms. The molecule has 0 fully saturated rings. The molecule has 0 spiro atoms. The summed E-state index contributed by atoms with van der Waals surface area (Å²) in [6.07, 6.45) is 3.66. The molecule has 0 unspecified atom stereocenters. The summed E-state index contributed by atoms with van der Waals surface area (Å²) < 4.78 is 2.14. The first-order valence-corrected chi connectivity index (χ1v) is 9.76. The monoisotopic (exact) mass is 391 g/mol. The number of rotatable bonds is 5. The van der Waals surface area contributed by atoms with Crippen molar-refractivity contribution in [3.05, 3.63) is 107 Å². The molecule has 0 aliphatic carbocycles. The number of benzene rings is 3. The van der Waals surface area contributed by atoms with Gasteiger partial charge in [-0.25, -0.2) is 0 Å². The van der Waals surface area contributed by atoms with Gasteiger partial charge in [0, 0.05) is 34.9 Å². The van der Waals surface area contributed by atoms with Crippen LogP contribution in [0.2, 0.25) is 0 Å². The molecule has 4 aromatic rings. The van der Waals surface area contributed by atoms with Crippen molar-refractivity contribution in [1.82, 2.24) is 4.57 Å². The molecule has 4 nitrogen and oxygen atoms in total. The van der Waals surface area contributed by atoms with E-state index >= 15 is 0 Å². The summed E-state index contributed by atoms with van der Waals surface area (Å²) in [5, 5.41) is 13.5. The lowest BCUT2D eigenvalue weighted by Crippen LogP contribution is -2.14. The minimum absolute atomic E-state index is 0.0702. The molecule has 1 aromatic heterocycles. The van der Waals surface area contributed by atoms with E-state index in [0.29, 0.717) is 12.2 Å². The van der Waals surface area contributed by atoms with Crippen LogP contribution in [0.4, 0.5) is 5.69 Å². The largest absolute Gasteiger partial charge is 0.342 e. The average molecular weight is 391 g/mol. The van der Waals surface area contributed by atoms with Gasteiger partial charge in [0.2, 0.25) is 0 Å². The van der Waals surface area contributed by atoms with Gasteiger partial charge in [-0.3, -0.25) is 4.79 Å². The van der Waals surface area contributed by atoms with Crippen molar-refractivity contribution in [2.24, 2.45) is 0 Å². The van der Waals surface area contributed by atoms with Gasteiger partial charge >= 0.3 is 0 Å². The van der Waals surface area contributed by atoms with Gasteiger partial charge in [-0.1, -0.05) is 66.7 Å². The zero-order chi connectivity index (χ0) is 20.9. The zero-order valence-corrected chi connectivity index (χ0v) is 16.7. The minimum atomic E-state index is -0.410. The molecule has 30 heavy (non-hydrogen) atoms. The molecule has 1 N–H and O–H groups in total. The average Bonchev–Trinajstić information content (AvgIpc) is 3.11. The molecular weight excluding hydrogens is 370 g/mol. The summed E-state index contributed by atoms with van der Waals surface area (Å²) in [6, 6.07) is 27.8. The maximum atomic E-state index is 12.7.